The lowest BCUT2D eigenvalue weighted by molar-refractivity contribution is 0.110. The normalized spacial score (nSPS) is 15.3. The summed E-state index contributed by atoms with van der Waals surface area (Å²) >= 11 is 0. The van der Waals surface area contributed by atoms with E-state index in [1.54, 1.807) is 6.07 Å². The summed E-state index contributed by atoms with van der Waals surface area (Å²) in [6.07, 6.45) is 0.751. The van der Waals surface area contributed by atoms with Crippen molar-refractivity contribution < 1.29 is 9.21 Å². The Morgan fingerprint density at radius 3 is 1.85 bits per heavy atom. The van der Waals surface area contributed by atoms with Crippen molar-refractivity contribution in [2.24, 2.45) is 0 Å². The zero-order chi connectivity index (χ0) is 17.8. The van der Waals surface area contributed by atoms with Gasteiger partial charge in [0.1, 0.15) is 0 Å². The van der Waals surface area contributed by atoms with Crippen molar-refractivity contribution in [1.82, 2.24) is 4.90 Å². The van der Waals surface area contributed by atoms with E-state index < -0.39 is 0 Å². The van der Waals surface area contributed by atoms with Gasteiger partial charge in [0.15, 0.2) is 17.9 Å². The predicted molar refractivity (Wildman–Crippen MR) is 103 cm³/mol. The largest absolute Gasteiger partial charge is 0.438 e. The van der Waals surface area contributed by atoms with Crippen molar-refractivity contribution in [2.45, 2.75) is 6.04 Å². The molecular weight excluding hydrogens is 324 g/mol. The van der Waals surface area contributed by atoms with Gasteiger partial charge in [-0.25, -0.2) is 0 Å². The highest BCUT2D eigenvalue weighted by Crippen LogP contribution is 2.30. The standard InChI is InChI=1S/C22H22N2O2/c25-17-20-11-12-21(26-20)23-13-15-24(16-14-23)22(18-7-3-1-4-8-18)19-9-5-2-6-10-19/h1-12,17,22H,13-16H2. The number of benzene rings is 2. The number of rotatable bonds is 5. The lowest BCUT2D eigenvalue weighted by atomic mass is 9.96. The van der Waals surface area contributed by atoms with Crippen LogP contribution in [0, 0.1) is 0 Å². The molecule has 2 heterocycles. The molecule has 4 nitrogen and oxygen atoms in total. The Hall–Kier alpha value is -2.85. The molecule has 1 fully saturated rings. The Morgan fingerprint density at radius 2 is 1.35 bits per heavy atom. The van der Waals surface area contributed by atoms with E-state index in [1.165, 1.54) is 11.1 Å². The van der Waals surface area contributed by atoms with Gasteiger partial charge in [0, 0.05) is 32.2 Å². The lowest BCUT2D eigenvalue weighted by Gasteiger charge is -2.39. The minimum atomic E-state index is 0.252. The number of hydrogen-bond donors (Lipinski definition) is 0. The van der Waals surface area contributed by atoms with Crippen LogP contribution in [0.3, 0.4) is 0 Å². The van der Waals surface area contributed by atoms with E-state index in [4.69, 9.17) is 4.42 Å². The first kappa shape index (κ1) is 16.6. The van der Waals surface area contributed by atoms with Crippen LogP contribution in [0.5, 0.6) is 0 Å². The quantitative estimate of drug-likeness (QED) is 0.654. The second-order valence-corrected chi connectivity index (χ2v) is 6.54. The summed E-state index contributed by atoms with van der Waals surface area (Å²) in [4.78, 5) is 15.6. The summed E-state index contributed by atoms with van der Waals surface area (Å²) in [5.41, 5.74) is 2.63. The number of nitrogens with zero attached hydrogens (tertiary/aromatic N) is 2. The summed E-state index contributed by atoms with van der Waals surface area (Å²) in [5.74, 6) is 1.16. The molecule has 0 N–H and O–H groups in total. The maximum absolute atomic E-state index is 10.8. The Morgan fingerprint density at radius 1 is 0.769 bits per heavy atom. The Kier molecular flexibility index (Phi) is 4.84. The van der Waals surface area contributed by atoms with Crippen molar-refractivity contribution in [3.8, 4) is 0 Å². The van der Waals surface area contributed by atoms with E-state index in [2.05, 4.69) is 70.5 Å². The van der Waals surface area contributed by atoms with Crippen LogP contribution < -0.4 is 4.90 Å². The predicted octanol–water partition coefficient (Wildman–Crippen LogP) is 4.00. The highest BCUT2D eigenvalue weighted by molar-refractivity contribution is 5.71. The summed E-state index contributed by atoms with van der Waals surface area (Å²) in [5, 5.41) is 0. The third kappa shape index (κ3) is 3.41. The molecule has 3 aromatic rings. The van der Waals surface area contributed by atoms with Gasteiger partial charge in [-0.3, -0.25) is 9.69 Å². The van der Waals surface area contributed by atoms with Crippen LogP contribution in [0.4, 0.5) is 5.88 Å². The van der Waals surface area contributed by atoms with Crippen LogP contribution in [-0.4, -0.2) is 37.4 Å². The van der Waals surface area contributed by atoms with E-state index >= 15 is 0 Å². The molecule has 0 aliphatic carbocycles. The molecule has 0 atom stereocenters. The molecule has 26 heavy (non-hydrogen) atoms. The van der Waals surface area contributed by atoms with Crippen LogP contribution in [0.15, 0.2) is 77.2 Å². The Balaban J connectivity index is 1.54. The summed E-state index contributed by atoms with van der Waals surface area (Å²) in [6.45, 7) is 3.63. The van der Waals surface area contributed by atoms with Gasteiger partial charge in [0.25, 0.3) is 0 Å². The number of carbonyl (C=O) groups is 1. The zero-order valence-electron chi connectivity index (χ0n) is 14.6. The SMILES string of the molecule is O=Cc1ccc(N2CCN(C(c3ccccc3)c3ccccc3)CC2)o1. The molecule has 4 heteroatoms. The van der Waals surface area contributed by atoms with Crippen LogP contribution in [-0.2, 0) is 0 Å². The number of piperazine rings is 1. The maximum atomic E-state index is 10.8. The summed E-state index contributed by atoms with van der Waals surface area (Å²) < 4.78 is 5.58. The number of furan rings is 1. The smallest absolute Gasteiger partial charge is 0.196 e. The third-order valence-corrected chi connectivity index (χ3v) is 4.95. The molecule has 0 unspecified atom stereocenters. The maximum Gasteiger partial charge on any atom is 0.196 e. The van der Waals surface area contributed by atoms with Gasteiger partial charge in [0.05, 0.1) is 6.04 Å². The highest BCUT2D eigenvalue weighted by Gasteiger charge is 2.27. The van der Waals surface area contributed by atoms with Crippen molar-refractivity contribution in [2.75, 3.05) is 31.1 Å². The van der Waals surface area contributed by atoms with E-state index in [1.807, 2.05) is 6.07 Å². The molecule has 132 valence electrons. The van der Waals surface area contributed by atoms with Crippen molar-refractivity contribution in [1.29, 1.82) is 0 Å². The molecular formula is C22H22N2O2. The van der Waals surface area contributed by atoms with Crippen LogP contribution in [0.2, 0.25) is 0 Å². The molecule has 0 bridgehead atoms. The van der Waals surface area contributed by atoms with Crippen molar-refractivity contribution in [3.05, 3.63) is 89.7 Å². The first-order chi connectivity index (χ1) is 12.8. The second-order valence-electron chi connectivity index (χ2n) is 6.54. The molecule has 0 amide bonds. The van der Waals surface area contributed by atoms with Crippen molar-refractivity contribution in [3.63, 3.8) is 0 Å². The van der Waals surface area contributed by atoms with Crippen LogP contribution in [0.25, 0.3) is 0 Å². The monoisotopic (exact) mass is 346 g/mol. The van der Waals surface area contributed by atoms with Crippen LogP contribution >= 0.6 is 0 Å². The average Bonchev–Trinajstić information content (AvgIpc) is 3.20. The first-order valence-electron chi connectivity index (χ1n) is 8.99. The van der Waals surface area contributed by atoms with E-state index in [0.717, 1.165) is 38.3 Å². The van der Waals surface area contributed by atoms with Gasteiger partial charge in [-0.15, -0.1) is 0 Å². The third-order valence-electron chi connectivity index (χ3n) is 4.95. The van der Waals surface area contributed by atoms with Gasteiger partial charge >= 0.3 is 0 Å². The van der Waals surface area contributed by atoms with Crippen LogP contribution in [0.1, 0.15) is 27.7 Å². The second kappa shape index (κ2) is 7.58. The number of hydrogen-bond acceptors (Lipinski definition) is 4. The molecule has 2 aromatic carbocycles. The first-order valence-corrected chi connectivity index (χ1v) is 8.99. The lowest BCUT2D eigenvalue weighted by Crippen LogP contribution is -2.47. The molecule has 1 aromatic heterocycles. The van der Waals surface area contributed by atoms with Gasteiger partial charge in [-0.2, -0.15) is 0 Å². The number of anilines is 1. The van der Waals surface area contributed by atoms with E-state index in [9.17, 15) is 4.79 Å². The zero-order valence-corrected chi connectivity index (χ0v) is 14.6. The Bertz CT molecular complexity index is 797. The molecule has 1 saturated heterocycles. The summed E-state index contributed by atoms with van der Waals surface area (Å²) in [6, 6.07) is 25.2. The minimum Gasteiger partial charge on any atom is -0.438 e. The Labute approximate surface area is 153 Å². The fourth-order valence-corrected chi connectivity index (χ4v) is 3.66. The van der Waals surface area contributed by atoms with Gasteiger partial charge in [0.2, 0.25) is 0 Å². The van der Waals surface area contributed by atoms with Crippen molar-refractivity contribution >= 4 is 12.2 Å². The van der Waals surface area contributed by atoms with E-state index in [-0.39, 0.29) is 6.04 Å². The highest BCUT2D eigenvalue weighted by atomic mass is 16.4. The number of aldehydes is 1. The van der Waals surface area contributed by atoms with Gasteiger partial charge in [-0.1, -0.05) is 60.7 Å². The molecule has 0 saturated carbocycles. The molecule has 0 radical (unpaired) electrons. The van der Waals surface area contributed by atoms with E-state index in [0.29, 0.717) is 5.76 Å². The molecule has 0 spiro atoms. The van der Waals surface area contributed by atoms with Gasteiger partial charge < -0.3 is 9.32 Å². The fourth-order valence-electron chi connectivity index (χ4n) is 3.66. The molecule has 1 aliphatic heterocycles. The minimum absolute atomic E-state index is 0.252. The average molecular weight is 346 g/mol. The van der Waals surface area contributed by atoms with Gasteiger partial charge in [-0.05, 0) is 17.2 Å². The topological polar surface area (TPSA) is 36.7 Å². The number of carbonyl (C=O) groups excluding carboxylic acids is 1. The summed E-state index contributed by atoms with van der Waals surface area (Å²) in [7, 11) is 0. The fraction of sp³-hybridized carbons (Fsp3) is 0.227. The molecule has 4 rings (SSSR count). The molecule has 1 aliphatic rings.